The predicted molar refractivity (Wildman–Crippen MR) is 72.6 cm³/mol. The van der Waals surface area contributed by atoms with E-state index in [4.69, 9.17) is 4.74 Å². The van der Waals surface area contributed by atoms with Crippen LogP contribution in [-0.2, 0) is 4.74 Å². The Balaban J connectivity index is 3.11. The Bertz CT molecular complexity index is 152. The van der Waals surface area contributed by atoms with Gasteiger partial charge in [0.2, 0.25) is 0 Å². The largest absolute Gasteiger partial charge is 0.499 e. The van der Waals surface area contributed by atoms with E-state index in [1.165, 1.54) is 57.8 Å². The number of unbranched alkanes of at least 4 members (excludes halogenated alkanes) is 7. The minimum atomic E-state index is 0.864. The fourth-order valence-electron chi connectivity index (χ4n) is 1.74. The summed E-state index contributed by atoms with van der Waals surface area (Å²) in [5, 5.41) is 0. The van der Waals surface area contributed by atoms with Crippen LogP contribution in [0.25, 0.3) is 0 Å². The summed E-state index contributed by atoms with van der Waals surface area (Å²) in [4.78, 5) is 0. The molecule has 0 saturated heterocycles. The third kappa shape index (κ3) is 11.6. The molecule has 0 aromatic carbocycles. The fourth-order valence-corrected chi connectivity index (χ4v) is 1.74. The lowest BCUT2D eigenvalue weighted by atomic mass is 10.1. The van der Waals surface area contributed by atoms with E-state index < -0.39 is 0 Å². The molecule has 96 valence electrons. The molecule has 0 fully saturated rings. The molecule has 0 aliphatic rings. The molecule has 0 bridgehead atoms. The van der Waals surface area contributed by atoms with Gasteiger partial charge in [0.25, 0.3) is 0 Å². The molecule has 0 aromatic heterocycles. The van der Waals surface area contributed by atoms with Crippen LogP contribution in [0.4, 0.5) is 0 Å². The van der Waals surface area contributed by atoms with Crippen molar-refractivity contribution in [3.63, 3.8) is 0 Å². The first-order valence-corrected chi connectivity index (χ1v) is 7.11. The second-order valence-corrected chi connectivity index (χ2v) is 4.61. The van der Waals surface area contributed by atoms with Crippen molar-refractivity contribution >= 4 is 0 Å². The molecule has 0 heterocycles. The van der Waals surface area contributed by atoms with Gasteiger partial charge in [-0.25, -0.2) is 0 Å². The van der Waals surface area contributed by atoms with Crippen LogP contribution in [0.1, 0.15) is 78.1 Å². The van der Waals surface area contributed by atoms with Crippen molar-refractivity contribution in [1.29, 1.82) is 0 Å². The van der Waals surface area contributed by atoms with Crippen molar-refractivity contribution in [1.82, 2.24) is 0 Å². The maximum Gasteiger partial charge on any atom is 0.0888 e. The number of hydrogen-bond acceptors (Lipinski definition) is 1. The van der Waals surface area contributed by atoms with E-state index in [0.717, 1.165) is 18.8 Å². The van der Waals surface area contributed by atoms with E-state index >= 15 is 0 Å². The molecule has 0 N–H and O–H groups in total. The summed E-state index contributed by atoms with van der Waals surface area (Å²) in [6, 6.07) is 0. The monoisotopic (exact) mass is 226 g/mol. The molecule has 0 aromatic rings. The maximum absolute atomic E-state index is 5.58. The van der Waals surface area contributed by atoms with E-state index in [1.54, 1.807) is 0 Å². The van der Waals surface area contributed by atoms with Gasteiger partial charge in [-0.05, 0) is 12.8 Å². The third-order valence-electron chi connectivity index (χ3n) is 2.86. The summed E-state index contributed by atoms with van der Waals surface area (Å²) in [5.74, 6) is 0.992. The molecule has 0 saturated carbocycles. The van der Waals surface area contributed by atoms with Gasteiger partial charge < -0.3 is 4.74 Å². The Morgan fingerprint density at radius 1 is 0.812 bits per heavy atom. The van der Waals surface area contributed by atoms with Crippen molar-refractivity contribution in [2.45, 2.75) is 78.1 Å². The van der Waals surface area contributed by atoms with Crippen LogP contribution in [0.3, 0.4) is 0 Å². The average molecular weight is 226 g/mol. The second kappa shape index (κ2) is 12.6. The molecule has 0 aliphatic heterocycles. The van der Waals surface area contributed by atoms with Gasteiger partial charge in [0.15, 0.2) is 0 Å². The molecule has 0 unspecified atom stereocenters. The molecule has 1 nitrogen and oxygen atoms in total. The van der Waals surface area contributed by atoms with Crippen molar-refractivity contribution < 1.29 is 4.74 Å². The van der Waals surface area contributed by atoms with Gasteiger partial charge in [-0.2, -0.15) is 0 Å². The Morgan fingerprint density at radius 3 is 2.06 bits per heavy atom. The second-order valence-electron chi connectivity index (χ2n) is 4.61. The van der Waals surface area contributed by atoms with Crippen molar-refractivity contribution in [2.75, 3.05) is 6.61 Å². The highest BCUT2D eigenvalue weighted by Gasteiger charge is 1.96. The zero-order chi connectivity index (χ0) is 12.1. The lowest BCUT2D eigenvalue weighted by molar-refractivity contribution is 0.196. The molecule has 0 aliphatic carbocycles. The van der Waals surface area contributed by atoms with E-state index in [0.29, 0.717) is 0 Å². The molecule has 16 heavy (non-hydrogen) atoms. The van der Waals surface area contributed by atoms with Crippen LogP contribution in [0.5, 0.6) is 0 Å². The Kier molecular flexibility index (Phi) is 12.2. The smallest absolute Gasteiger partial charge is 0.0888 e. The van der Waals surface area contributed by atoms with Crippen LogP contribution >= 0.6 is 0 Å². The molecular weight excluding hydrogens is 196 g/mol. The summed E-state index contributed by atoms with van der Waals surface area (Å²) >= 11 is 0. The third-order valence-corrected chi connectivity index (χ3v) is 2.86. The number of ether oxygens (including phenoxy) is 1. The normalized spacial score (nSPS) is 10.4. The predicted octanol–water partition coefficient (Wildman–Crippen LogP) is 5.46. The zero-order valence-corrected chi connectivity index (χ0v) is 11.4. The molecule has 0 amide bonds. The zero-order valence-electron chi connectivity index (χ0n) is 11.4. The lowest BCUT2D eigenvalue weighted by Crippen LogP contribution is -1.94. The van der Waals surface area contributed by atoms with Gasteiger partial charge in [-0.15, -0.1) is 0 Å². The summed E-state index contributed by atoms with van der Waals surface area (Å²) < 4.78 is 5.58. The fraction of sp³-hybridized carbons (Fsp3) is 0.867. The minimum absolute atomic E-state index is 0.864. The molecular formula is C15H30O. The van der Waals surface area contributed by atoms with Crippen LogP contribution in [-0.4, -0.2) is 6.61 Å². The van der Waals surface area contributed by atoms with E-state index in [9.17, 15) is 0 Å². The topological polar surface area (TPSA) is 9.23 Å². The van der Waals surface area contributed by atoms with Gasteiger partial charge in [0.05, 0.1) is 12.4 Å². The maximum atomic E-state index is 5.58. The van der Waals surface area contributed by atoms with Crippen LogP contribution in [0.15, 0.2) is 12.3 Å². The minimum Gasteiger partial charge on any atom is -0.499 e. The molecule has 0 atom stereocenters. The highest BCUT2D eigenvalue weighted by atomic mass is 16.5. The molecule has 1 heteroatoms. The first-order chi connectivity index (χ1) is 7.81. The first-order valence-electron chi connectivity index (χ1n) is 7.11. The highest BCUT2D eigenvalue weighted by Crippen LogP contribution is 2.11. The van der Waals surface area contributed by atoms with Gasteiger partial charge in [0, 0.05) is 6.42 Å². The SMILES string of the molecule is C=C(CCCCCCCC)OCCCCC. The van der Waals surface area contributed by atoms with E-state index in [-0.39, 0.29) is 0 Å². The van der Waals surface area contributed by atoms with Crippen molar-refractivity contribution in [2.24, 2.45) is 0 Å². The van der Waals surface area contributed by atoms with Crippen LogP contribution in [0, 0.1) is 0 Å². The van der Waals surface area contributed by atoms with Crippen LogP contribution < -0.4 is 0 Å². The molecule has 0 radical (unpaired) electrons. The standard InChI is InChI=1S/C15H30O/c1-4-6-8-9-10-11-13-15(3)16-14-12-7-5-2/h3-14H2,1-2H3. The summed E-state index contributed by atoms with van der Waals surface area (Å²) in [6.07, 6.45) is 12.8. The van der Waals surface area contributed by atoms with Gasteiger partial charge >= 0.3 is 0 Å². The first kappa shape index (κ1) is 15.5. The number of hydrogen-bond donors (Lipinski definition) is 0. The summed E-state index contributed by atoms with van der Waals surface area (Å²) in [5.41, 5.74) is 0. The van der Waals surface area contributed by atoms with Crippen LogP contribution in [0.2, 0.25) is 0 Å². The van der Waals surface area contributed by atoms with Crippen molar-refractivity contribution in [3.05, 3.63) is 12.3 Å². The van der Waals surface area contributed by atoms with Gasteiger partial charge in [0.1, 0.15) is 0 Å². The Labute approximate surface area is 102 Å². The molecule has 0 spiro atoms. The lowest BCUT2D eigenvalue weighted by Gasteiger charge is -2.08. The average Bonchev–Trinajstić information content (AvgIpc) is 2.29. The summed E-state index contributed by atoms with van der Waals surface area (Å²) in [6.45, 7) is 9.30. The van der Waals surface area contributed by atoms with Gasteiger partial charge in [-0.1, -0.05) is 65.4 Å². The highest BCUT2D eigenvalue weighted by molar-refractivity contribution is 4.81. The summed E-state index contributed by atoms with van der Waals surface area (Å²) in [7, 11) is 0. The quantitative estimate of drug-likeness (QED) is 0.317. The molecule has 0 rings (SSSR count). The van der Waals surface area contributed by atoms with E-state index in [2.05, 4.69) is 20.4 Å². The number of rotatable bonds is 12. The van der Waals surface area contributed by atoms with Gasteiger partial charge in [-0.3, -0.25) is 0 Å². The number of allylic oxidation sites excluding steroid dienone is 1. The Hall–Kier alpha value is -0.460. The Morgan fingerprint density at radius 2 is 1.38 bits per heavy atom. The van der Waals surface area contributed by atoms with E-state index in [1.807, 2.05) is 0 Å². The van der Waals surface area contributed by atoms with Crippen molar-refractivity contribution in [3.8, 4) is 0 Å².